The first-order valence-electron chi connectivity index (χ1n) is 6.76. The molecular formula is C15H20FN3. The molecule has 1 aromatic heterocycles. The van der Waals surface area contributed by atoms with E-state index in [1.54, 1.807) is 12.3 Å². The summed E-state index contributed by atoms with van der Waals surface area (Å²) >= 11 is 0. The van der Waals surface area contributed by atoms with Gasteiger partial charge in [0.15, 0.2) is 0 Å². The van der Waals surface area contributed by atoms with E-state index in [9.17, 15) is 4.39 Å². The van der Waals surface area contributed by atoms with Crippen LogP contribution in [0.4, 0.5) is 4.39 Å². The monoisotopic (exact) mass is 261 g/mol. The van der Waals surface area contributed by atoms with Crippen LogP contribution in [0.1, 0.15) is 50.2 Å². The minimum absolute atomic E-state index is 0.00347. The quantitative estimate of drug-likeness (QED) is 0.831. The first-order valence-corrected chi connectivity index (χ1v) is 6.76. The van der Waals surface area contributed by atoms with Gasteiger partial charge in [0.05, 0.1) is 6.04 Å². The number of hydrogen-bond acceptors (Lipinski definition) is 2. The molecule has 0 radical (unpaired) electrons. The molecule has 1 aromatic carbocycles. The second-order valence-electron chi connectivity index (χ2n) is 4.58. The van der Waals surface area contributed by atoms with Crippen LogP contribution in [0.3, 0.4) is 0 Å². The van der Waals surface area contributed by atoms with E-state index in [4.69, 9.17) is 0 Å². The Morgan fingerprint density at radius 3 is 2.53 bits per heavy atom. The Morgan fingerprint density at radius 1 is 1.21 bits per heavy atom. The molecule has 2 rings (SSSR count). The van der Waals surface area contributed by atoms with Gasteiger partial charge in [-0.1, -0.05) is 32.0 Å². The summed E-state index contributed by atoms with van der Waals surface area (Å²) in [5.74, 6) is 0.744. The fourth-order valence-electron chi connectivity index (χ4n) is 2.29. The zero-order chi connectivity index (χ0) is 13.7. The van der Waals surface area contributed by atoms with Crippen LogP contribution < -0.4 is 5.32 Å². The van der Waals surface area contributed by atoms with Gasteiger partial charge in [-0.15, -0.1) is 0 Å². The molecule has 2 atom stereocenters. The number of H-pyrrole nitrogens is 1. The standard InChI is InChI=1S/C15H20FN3/c1-3-13(11-7-5-6-8-12(11)16)19-14(4-2)15-17-9-10-18-15/h5-10,13-14,19H,3-4H2,1-2H3,(H,17,18). The van der Waals surface area contributed by atoms with Gasteiger partial charge in [0.25, 0.3) is 0 Å². The highest BCUT2D eigenvalue weighted by Gasteiger charge is 2.19. The van der Waals surface area contributed by atoms with Gasteiger partial charge >= 0.3 is 0 Å². The lowest BCUT2D eigenvalue weighted by molar-refractivity contribution is 0.403. The van der Waals surface area contributed by atoms with Crippen LogP contribution in [-0.4, -0.2) is 9.97 Å². The molecule has 2 unspecified atom stereocenters. The lowest BCUT2D eigenvalue weighted by Crippen LogP contribution is -2.27. The maximum atomic E-state index is 13.9. The van der Waals surface area contributed by atoms with Gasteiger partial charge in [-0.05, 0) is 18.9 Å². The van der Waals surface area contributed by atoms with Crippen molar-refractivity contribution < 1.29 is 4.39 Å². The van der Waals surface area contributed by atoms with Crippen LogP contribution in [0.2, 0.25) is 0 Å². The fourth-order valence-corrected chi connectivity index (χ4v) is 2.29. The number of aromatic amines is 1. The third-order valence-corrected chi connectivity index (χ3v) is 3.35. The van der Waals surface area contributed by atoms with Crippen LogP contribution in [0, 0.1) is 5.82 Å². The summed E-state index contributed by atoms with van der Waals surface area (Å²) in [6.45, 7) is 4.15. The van der Waals surface area contributed by atoms with Crippen LogP contribution >= 0.6 is 0 Å². The maximum absolute atomic E-state index is 13.9. The number of nitrogens with zero attached hydrogens (tertiary/aromatic N) is 1. The summed E-state index contributed by atoms with van der Waals surface area (Å²) in [5.41, 5.74) is 0.718. The summed E-state index contributed by atoms with van der Waals surface area (Å²) in [6.07, 6.45) is 5.28. The molecule has 0 spiro atoms. The second-order valence-corrected chi connectivity index (χ2v) is 4.58. The van der Waals surface area contributed by atoms with Crippen LogP contribution in [-0.2, 0) is 0 Å². The van der Waals surface area contributed by atoms with E-state index in [0.29, 0.717) is 0 Å². The molecule has 0 amide bonds. The van der Waals surface area contributed by atoms with Gasteiger partial charge in [0.1, 0.15) is 11.6 Å². The molecule has 1 heterocycles. The van der Waals surface area contributed by atoms with Gasteiger partial charge in [-0.25, -0.2) is 9.37 Å². The van der Waals surface area contributed by atoms with Crippen molar-refractivity contribution in [3.8, 4) is 0 Å². The highest BCUT2D eigenvalue weighted by Crippen LogP contribution is 2.24. The summed E-state index contributed by atoms with van der Waals surface area (Å²) < 4.78 is 13.9. The molecule has 102 valence electrons. The number of benzene rings is 1. The van der Waals surface area contributed by atoms with Gasteiger partial charge in [0, 0.05) is 24.0 Å². The van der Waals surface area contributed by atoms with E-state index in [1.165, 1.54) is 6.07 Å². The number of rotatable bonds is 6. The molecule has 4 heteroatoms. The van der Waals surface area contributed by atoms with Crippen molar-refractivity contribution in [2.45, 2.75) is 38.8 Å². The predicted octanol–water partition coefficient (Wildman–Crippen LogP) is 3.74. The van der Waals surface area contributed by atoms with Crippen molar-refractivity contribution in [2.24, 2.45) is 0 Å². The van der Waals surface area contributed by atoms with Crippen LogP contribution in [0.5, 0.6) is 0 Å². The summed E-state index contributed by atoms with van der Waals surface area (Å²) in [5, 5.41) is 3.48. The first kappa shape index (κ1) is 13.7. The van der Waals surface area contributed by atoms with Crippen LogP contribution in [0.15, 0.2) is 36.7 Å². The molecule has 0 aliphatic carbocycles. The first-order chi connectivity index (χ1) is 9.26. The number of hydrogen-bond donors (Lipinski definition) is 2. The Morgan fingerprint density at radius 2 is 1.95 bits per heavy atom. The van der Waals surface area contributed by atoms with Crippen molar-refractivity contribution in [3.63, 3.8) is 0 Å². The van der Waals surface area contributed by atoms with E-state index < -0.39 is 0 Å². The van der Waals surface area contributed by atoms with Gasteiger partial charge in [-0.3, -0.25) is 0 Å². The fraction of sp³-hybridized carbons (Fsp3) is 0.400. The van der Waals surface area contributed by atoms with Crippen molar-refractivity contribution in [3.05, 3.63) is 53.9 Å². The van der Waals surface area contributed by atoms with E-state index in [-0.39, 0.29) is 17.9 Å². The van der Waals surface area contributed by atoms with Crippen molar-refractivity contribution >= 4 is 0 Å². The van der Waals surface area contributed by atoms with E-state index >= 15 is 0 Å². The highest BCUT2D eigenvalue weighted by molar-refractivity contribution is 5.21. The summed E-state index contributed by atoms with van der Waals surface area (Å²) in [4.78, 5) is 7.40. The smallest absolute Gasteiger partial charge is 0.127 e. The van der Waals surface area contributed by atoms with Gasteiger partial charge < -0.3 is 10.3 Å². The Balaban J connectivity index is 2.17. The normalized spacial score (nSPS) is 14.3. The summed E-state index contributed by atoms with van der Waals surface area (Å²) in [7, 11) is 0. The van der Waals surface area contributed by atoms with Crippen molar-refractivity contribution in [1.29, 1.82) is 0 Å². The number of halogens is 1. The lowest BCUT2D eigenvalue weighted by Gasteiger charge is -2.23. The second kappa shape index (κ2) is 6.48. The Bertz CT molecular complexity index is 496. The minimum Gasteiger partial charge on any atom is -0.347 e. The molecule has 0 aliphatic rings. The summed E-state index contributed by atoms with van der Waals surface area (Å²) in [6, 6.07) is 7.04. The topological polar surface area (TPSA) is 40.7 Å². The molecule has 3 nitrogen and oxygen atoms in total. The Hall–Kier alpha value is -1.68. The lowest BCUT2D eigenvalue weighted by atomic mass is 10.0. The number of nitrogens with one attached hydrogen (secondary N) is 2. The molecule has 0 fully saturated rings. The predicted molar refractivity (Wildman–Crippen MR) is 74.2 cm³/mol. The van der Waals surface area contributed by atoms with E-state index in [0.717, 1.165) is 24.2 Å². The largest absolute Gasteiger partial charge is 0.347 e. The zero-order valence-electron chi connectivity index (χ0n) is 11.4. The number of aromatic nitrogens is 2. The molecule has 2 N–H and O–H groups in total. The average Bonchev–Trinajstić information content (AvgIpc) is 2.95. The molecule has 19 heavy (non-hydrogen) atoms. The van der Waals surface area contributed by atoms with Crippen molar-refractivity contribution in [1.82, 2.24) is 15.3 Å². The van der Waals surface area contributed by atoms with Crippen molar-refractivity contribution in [2.75, 3.05) is 0 Å². The maximum Gasteiger partial charge on any atom is 0.127 e. The number of imidazole rings is 1. The zero-order valence-corrected chi connectivity index (χ0v) is 11.4. The molecular weight excluding hydrogens is 241 g/mol. The Labute approximate surface area is 113 Å². The minimum atomic E-state index is -0.156. The van der Waals surface area contributed by atoms with E-state index in [2.05, 4.69) is 29.1 Å². The van der Waals surface area contributed by atoms with Gasteiger partial charge in [0.2, 0.25) is 0 Å². The third kappa shape index (κ3) is 3.20. The van der Waals surface area contributed by atoms with E-state index in [1.807, 2.05) is 18.3 Å². The third-order valence-electron chi connectivity index (χ3n) is 3.35. The average molecular weight is 261 g/mol. The molecule has 0 saturated heterocycles. The SMILES string of the molecule is CCC(NC(CC)c1ccccc1F)c1ncc[nH]1. The molecule has 0 aliphatic heterocycles. The molecule has 0 bridgehead atoms. The van der Waals surface area contributed by atoms with Crippen LogP contribution in [0.25, 0.3) is 0 Å². The van der Waals surface area contributed by atoms with Gasteiger partial charge in [-0.2, -0.15) is 0 Å². The Kier molecular flexibility index (Phi) is 4.68. The highest BCUT2D eigenvalue weighted by atomic mass is 19.1. The molecule has 0 saturated carbocycles. The molecule has 2 aromatic rings.